The first-order valence-electron chi connectivity index (χ1n) is 6.77. The number of aliphatic carboxylic acids is 1. The third-order valence-corrected chi connectivity index (χ3v) is 3.48. The number of hydrogen-bond donors (Lipinski definition) is 2. The molecular weight excluding hydrogens is 258 g/mol. The number of aryl methyl sites for hydroxylation is 1. The molecule has 108 valence electrons. The van der Waals surface area contributed by atoms with Gasteiger partial charge in [0.2, 0.25) is 0 Å². The van der Waals surface area contributed by atoms with Gasteiger partial charge in [0.1, 0.15) is 0 Å². The van der Waals surface area contributed by atoms with Crippen molar-refractivity contribution in [1.82, 2.24) is 15.2 Å². The van der Waals surface area contributed by atoms with Crippen LogP contribution in [0.2, 0.25) is 0 Å². The molecule has 0 spiro atoms. The van der Waals surface area contributed by atoms with Gasteiger partial charge < -0.3 is 15.3 Å². The number of carbonyl (C=O) groups is 2. The molecular formula is C14H19N3O3. The number of carboxylic acids is 1. The van der Waals surface area contributed by atoms with Crippen molar-refractivity contribution in [3.63, 3.8) is 0 Å². The summed E-state index contributed by atoms with van der Waals surface area (Å²) in [6.07, 6.45) is 2.72. The standard InChI is InChI=1S/C14H19N3O3/c1-2-11-4-3-5-15-12(11)7-16-14(20)17-8-10(9-17)6-13(18)19/h3-5,10H,2,6-9H2,1H3,(H,16,20)(H,18,19). The van der Waals surface area contributed by atoms with Gasteiger partial charge in [0.15, 0.2) is 0 Å². The van der Waals surface area contributed by atoms with Gasteiger partial charge in [-0.25, -0.2) is 4.79 Å². The van der Waals surface area contributed by atoms with Crippen LogP contribution in [0.25, 0.3) is 0 Å². The van der Waals surface area contributed by atoms with Gasteiger partial charge in [-0.3, -0.25) is 9.78 Å². The van der Waals surface area contributed by atoms with E-state index >= 15 is 0 Å². The van der Waals surface area contributed by atoms with Crippen molar-refractivity contribution >= 4 is 12.0 Å². The number of likely N-dealkylation sites (tertiary alicyclic amines) is 1. The van der Waals surface area contributed by atoms with E-state index in [1.165, 1.54) is 0 Å². The van der Waals surface area contributed by atoms with E-state index in [-0.39, 0.29) is 18.4 Å². The second kappa shape index (κ2) is 6.36. The number of amides is 2. The van der Waals surface area contributed by atoms with Crippen molar-refractivity contribution in [2.75, 3.05) is 13.1 Å². The van der Waals surface area contributed by atoms with Gasteiger partial charge in [-0.15, -0.1) is 0 Å². The first kappa shape index (κ1) is 14.3. The summed E-state index contributed by atoms with van der Waals surface area (Å²) in [4.78, 5) is 28.3. The summed E-state index contributed by atoms with van der Waals surface area (Å²) in [7, 11) is 0. The second-order valence-electron chi connectivity index (χ2n) is 4.99. The van der Waals surface area contributed by atoms with E-state index < -0.39 is 5.97 Å². The predicted octanol–water partition coefficient (Wildman–Crippen LogP) is 1.26. The number of carboxylic acid groups (broad SMARTS) is 1. The first-order valence-corrected chi connectivity index (χ1v) is 6.77. The molecule has 0 unspecified atom stereocenters. The molecule has 1 aliphatic rings. The molecule has 2 N–H and O–H groups in total. The molecule has 20 heavy (non-hydrogen) atoms. The van der Waals surface area contributed by atoms with Gasteiger partial charge in [0, 0.05) is 25.2 Å². The van der Waals surface area contributed by atoms with E-state index in [1.54, 1.807) is 11.1 Å². The van der Waals surface area contributed by atoms with E-state index in [0.717, 1.165) is 17.7 Å². The Morgan fingerprint density at radius 2 is 2.25 bits per heavy atom. The SMILES string of the molecule is CCc1cccnc1CNC(=O)N1CC(CC(=O)O)C1. The maximum atomic E-state index is 11.9. The molecule has 0 bridgehead atoms. The Labute approximate surface area is 117 Å². The molecule has 0 atom stereocenters. The molecule has 6 nitrogen and oxygen atoms in total. The smallest absolute Gasteiger partial charge is 0.317 e. The fourth-order valence-electron chi connectivity index (χ4n) is 2.34. The van der Waals surface area contributed by atoms with E-state index in [4.69, 9.17) is 5.11 Å². The lowest BCUT2D eigenvalue weighted by Crippen LogP contribution is -2.54. The van der Waals surface area contributed by atoms with Crippen LogP contribution in [0.1, 0.15) is 24.6 Å². The molecule has 1 fully saturated rings. The Morgan fingerprint density at radius 1 is 1.50 bits per heavy atom. The van der Waals surface area contributed by atoms with Crippen LogP contribution in [0.15, 0.2) is 18.3 Å². The lowest BCUT2D eigenvalue weighted by atomic mass is 9.97. The quantitative estimate of drug-likeness (QED) is 0.849. The molecule has 0 aliphatic carbocycles. The average Bonchev–Trinajstić information content (AvgIpc) is 2.39. The summed E-state index contributed by atoms with van der Waals surface area (Å²) in [5, 5.41) is 11.5. The topological polar surface area (TPSA) is 82.5 Å². The van der Waals surface area contributed by atoms with E-state index in [0.29, 0.717) is 19.6 Å². The minimum Gasteiger partial charge on any atom is -0.481 e. The van der Waals surface area contributed by atoms with Crippen LogP contribution >= 0.6 is 0 Å². The Bertz CT molecular complexity index is 498. The van der Waals surface area contributed by atoms with Crippen molar-refractivity contribution < 1.29 is 14.7 Å². The van der Waals surface area contributed by atoms with Crippen LogP contribution in [0.5, 0.6) is 0 Å². The van der Waals surface area contributed by atoms with Gasteiger partial charge in [-0.05, 0) is 18.1 Å². The highest BCUT2D eigenvalue weighted by molar-refractivity contribution is 5.75. The molecule has 0 saturated carbocycles. The van der Waals surface area contributed by atoms with Gasteiger partial charge in [-0.1, -0.05) is 13.0 Å². The molecule has 0 aromatic carbocycles. The number of urea groups is 1. The first-order chi connectivity index (χ1) is 9.60. The number of nitrogens with one attached hydrogen (secondary N) is 1. The molecule has 2 heterocycles. The normalized spacial score (nSPS) is 14.8. The van der Waals surface area contributed by atoms with E-state index in [2.05, 4.69) is 10.3 Å². The van der Waals surface area contributed by atoms with Crippen molar-refractivity contribution in [1.29, 1.82) is 0 Å². The summed E-state index contributed by atoms with van der Waals surface area (Å²) >= 11 is 0. The summed E-state index contributed by atoms with van der Waals surface area (Å²) in [6, 6.07) is 3.73. The lowest BCUT2D eigenvalue weighted by Gasteiger charge is -2.38. The summed E-state index contributed by atoms with van der Waals surface area (Å²) < 4.78 is 0. The second-order valence-corrected chi connectivity index (χ2v) is 4.99. The van der Waals surface area contributed by atoms with Crippen LogP contribution in [-0.2, 0) is 17.8 Å². The number of aromatic nitrogens is 1. The third kappa shape index (κ3) is 3.46. The third-order valence-electron chi connectivity index (χ3n) is 3.48. The molecule has 1 aromatic heterocycles. The maximum absolute atomic E-state index is 11.9. The van der Waals surface area contributed by atoms with Crippen LogP contribution < -0.4 is 5.32 Å². The molecule has 2 rings (SSSR count). The zero-order valence-electron chi connectivity index (χ0n) is 11.5. The number of nitrogens with zero attached hydrogens (tertiary/aromatic N) is 2. The van der Waals surface area contributed by atoms with Crippen LogP contribution in [0, 0.1) is 5.92 Å². The molecule has 6 heteroatoms. The molecule has 1 aromatic rings. The Kier molecular flexibility index (Phi) is 4.55. The van der Waals surface area contributed by atoms with Crippen LogP contribution in [0.4, 0.5) is 4.79 Å². The maximum Gasteiger partial charge on any atom is 0.317 e. The highest BCUT2D eigenvalue weighted by Gasteiger charge is 2.31. The largest absolute Gasteiger partial charge is 0.481 e. The van der Waals surface area contributed by atoms with Crippen LogP contribution in [-0.4, -0.2) is 40.1 Å². The number of hydrogen-bond acceptors (Lipinski definition) is 3. The minimum atomic E-state index is -0.809. The highest BCUT2D eigenvalue weighted by Crippen LogP contribution is 2.18. The van der Waals surface area contributed by atoms with Gasteiger partial charge in [-0.2, -0.15) is 0 Å². The van der Waals surface area contributed by atoms with E-state index in [9.17, 15) is 9.59 Å². The summed E-state index contributed by atoms with van der Waals surface area (Å²) in [5.41, 5.74) is 2.01. The van der Waals surface area contributed by atoms with Crippen molar-refractivity contribution in [3.8, 4) is 0 Å². The highest BCUT2D eigenvalue weighted by atomic mass is 16.4. The number of pyridine rings is 1. The predicted molar refractivity (Wildman–Crippen MR) is 73.2 cm³/mol. The fraction of sp³-hybridized carbons (Fsp3) is 0.500. The minimum absolute atomic E-state index is 0.0827. The van der Waals surface area contributed by atoms with Crippen molar-refractivity contribution in [2.45, 2.75) is 26.3 Å². The van der Waals surface area contributed by atoms with Crippen LogP contribution in [0.3, 0.4) is 0 Å². The summed E-state index contributed by atoms with van der Waals surface area (Å²) in [6.45, 7) is 3.49. The Balaban J connectivity index is 1.78. The molecule has 2 amide bonds. The van der Waals surface area contributed by atoms with E-state index in [1.807, 2.05) is 19.1 Å². The summed E-state index contributed by atoms with van der Waals surface area (Å²) in [5.74, 6) is -0.726. The zero-order valence-corrected chi connectivity index (χ0v) is 11.5. The van der Waals surface area contributed by atoms with Crippen molar-refractivity contribution in [3.05, 3.63) is 29.6 Å². The Hall–Kier alpha value is -2.11. The molecule has 1 saturated heterocycles. The average molecular weight is 277 g/mol. The van der Waals surface area contributed by atoms with Gasteiger partial charge in [0.25, 0.3) is 0 Å². The lowest BCUT2D eigenvalue weighted by molar-refractivity contribution is -0.139. The van der Waals surface area contributed by atoms with Crippen molar-refractivity contribution in [2.24, 2.45) is 5.92 Å². The molecule has 0 radical (unpaired) electrons. The number of rotatable bonds is 5. The monoisotopic (exact) mass is 277 g/mol. The Morgan fingerprint density at radius 3 is 2.90 bits per heavy atom. The zero-order chi connectivity index (χ0) is 14.5. The fourth-order valence-corrected chi connectivity index (χ4v) is 2.34. The molecule has 1 aliphatic heterocycles. The number of carbonyl (C=O) groups excluding carboxylic acids is 1. The van der Waals surface area contributed by atoms with Gasteiger partial charge >= 0.3 is 12.0 Å². The van der Waals surface area contributed by atoms with Gasteiger partial charge in [0.05, 0.1) is 18.7 Å².